The van der Waals surface area contributed by atoms with E-state index in [-0.39, 0.29) is 17.2 Å². The Morgan fingerprint density at radius 3 is 2.72 bits per heavy atom. The Bertz CT molecular complexity index is 974. The predicted octanol–water partition coefficient (Wildman–Crippen LogP) is 3.06. The van der Waals surface area contributed by atoms with Gasteiger partial charge in [0, 0.05) is 42.9 Å². The highest BCUT2D eigenvalue weighted by Gasteiger charge is 2.50. The van der Waals surface area contributed by atoms with Crippen molar-refractivity contribution in [2.24, 2.45) is 23.2 Å². The molecule has 4 atom stereocenters. The Hall–Kier alpha value is -2.37. The molecule has 6 nitrogen and oxygen atoms in total. The lowest BCUT2D eigenvalue weighted by atomic mass is 9.78. The summed E-state index contributed by atoms with van der Waals surface area (Å²) in [6.07, 6.45) is 8.52. The van der Waals surface area contributed by atoms with E-state index in [1.807, 2.05) is 23.1 Å². The van der Waals surface area contributed by atoms with E-state index in [9.17, 15) is 9.59 Å². The normalized spacial score (nSPS) is 33.4. The monoisotopic (exact) mass is 392 g/mol. The fraction of sp³-hybridized carbons (Fsp3) is 0.609. The van der Waals surface area contributed by atoms with Crippen LogP contribution in [0, 0.1) is 23.2 Å². The molecule has 1 aromatic carbocycles. The van der Waals surface area contributed by atoms with Crippen LogP contribution in [-0.4, -0.2) is 58.0 Å². The van der Waals surface area contributed by atoms with Crippen LogP contribution in [0.3, 0.4) is 0 Å². The Morgan fingerprint density at radius 1 is 1.03 bits per heavy atom. The van der Waals surface area contributed by atoms with Gasteiger partial charge in [-0.2, -0.15) is 5.10 Å². The zero-order valence-corrected chi connectivity index (χ0v) is 16.8. The molecule has 2 aliphatic carbocycles. The highest BCUT2D eigenvalue weighted by Crippen LogP contribution is 2.55. The molecule has 29 heavy (non-hydrogen) atoms. The smallest absolute Gasteiger partial charge is 0.256 e. The van der Waals surface area contributed by atoms with Crippen molar-refractivity contribution in [3.05, 3.63) is 30.0 Å². The molecular formula is C23H28N4O2. The zero-order chi connectivity index (χ0) is 19.6. The molecule has 6 rings (SSSR count). The number of hydrogen-bond donors (Lipinski definition) is 1. The predicted molar refractivity (Wildman–Crippen MR) is 109 cm³/mol. The summed E-state index contributed by atoms with van der Waals surface area (Å²) in [5.41, 5.74) is 1.59. The highest BCUT2D eigenvalue weighted by atomic mass is 16.2. The summed E-state index contributed by atoms with van der Waals surface area (Å²) < 4.78 is 0. The van der Waals surface area contributed by atoms with E-state index in [4.69, 9.17) is 0 Å². The summed E-state index contributed by atoms with van der Waals surface area (Å²) in [5.74, 6) is 2.42. The van der Waals surface area contributed by atoms with Crippen LogP contribution >= 0.6 is 0 Å². The zero-order valence-electron chi connectivity index (χ0n) is 16.8. The number of fused-ring (bicyclic) bond motifs is 2. The van der Waals surface area contributed by atoms with Crippen molar-refractivity contribution in [3.63, 3.8) is 0 Å². The molecule has 2 saturated heterocycles. The largest absolute Gasteiger partial charge is 0.342 e. The van der Waals surface area contributed by atoms with Gasteiger partial charge in [0.2, 0.25) is 5.91 Å². The summed E-state index contributed by atoms with van der Waals surface area (Å²) in [6.45, 7) is 3.26. The van der Waals surface area contributed by atoms with Crippen molar-refractivity contribution >= 4 is 22.7 Å². The first-order valence-corrected chi connectivity index (χ1v) is 11.1. The van der Waals surface area contributed by atoms with Gasteiger partial charge in [0.15, 0.2) is 0 Å². The van der Waals surface area contributed by atoms with Gasteiger partial charge >= 0.3 is 0 Å². The number of benzene rings is 1. The quantitative estimate of drug-likeness (QED) is 0.854. The Balaban J connectivity index is 1.17. The fourth-order valence-electron chi connectivity index (χ4n) is 6.33. The molecule has 1 spiro atoms. The number of nitrogens with one attached hydrogen (secondary N) is 1. The molecule has 6 heteroatoms. The summed E-state index contributed by atoms with van der Waals surface area (Å²) >= 11 is 0. The molecule has 2 amide bonds. The molecule has 0 bridgehead atoms. The molecule has 152 valence electrons. The lowest BCUT2D eigenvalue weighted by Crippen LogP contribution is -2.49. The van der Waals surface area contributed by atoms with Gasteiger partial charge in [0.1, 0.15) is 0 Å². The second-order valence-electron chi connectivity index (χ2n) is 9.90. The van der Waals surface area contributed by atoms with Crippen LogP contribution in [0.25, 0.3) is 10.9 Å². The Morgan fingerprint density at radius 2 is 1.86 bits per heavy atom. The second kappa shape index (κ2) is 6.31. The van der Waals surface area contributed by atoms with Gasteiger partial charge in [-0.25, -0.2) is 0 Å². The third-order valence-electron chi connectivity index (χ3n) is 8.00. The average Bonchev–Trinajstić information content (AvgIpc) is 3.14. The Labute approximate surface area is 170 Å². The molecular weight excluding hydrogens is 364 g/mol. The van der Waals surface area contributed by atoms with Gasteiger partial charge in [0.25, 0.3) is 5.91 Å². The van der Waals surface area contributed by atoms with E-state index < -0.39 is 0 Å². The maximum absolute atomic E-state index is 13.2. The third kappa shape index (κ3) is 2.87. The van der Waals surface area contributed by atoms with Crippen LogP contribution in [0.15, 0.2) is 24.4 Å². The number of nitrogens with zero attached hydrogens (tertiary/aromatic N) is 3. The molecule has 0 radical (unpaired) electrons. The second-order valence-corrected chi connectivity index (χ2v) is 9.90. The minimum atomic E-state index is 0.0764. The van der Waals surface area contributed by atoms with Crippen molar-refractivity contribution in [2.45, 2.75) is 38.5 Å². The van der Waals surface area contributed by atoms with Crippen molar-refractivity contribution in [1.29, 1.82) is 0 Å². The molecule has 4 fully saturated rings. The number of piperidine rings is 1. The summed E-state index contributed by atoms with van der Waals surface area (Å²) in [5, 5.41) is 8.03. The van der Waals surface area contributed by atoms with E-state index >= 15 is 0 Å². The first-order chi connectivity index (χ1) is 14.1. The standard InChI is InChI=1S/C23H28N4O2/c28-21(18-10-16-9-17(16)11-18)26-7-2-5-23(13-26)6-8-27(14-23)22(29)19-4-1-3-15-12-24-25-20(15)19/h1,3-4,12,16-18H,2,5-11,13-14H2,(H,24,25)/t16-,17+,18?,23?. The van der Waals surface area contributed by atoms with Gasteiger partial charge in [-0.3, -0.25) is 14.7 Å². The van der Waals surface area contributed by atoms with Crippen molar-refractivity contribution in [2.75, 3.05) is 26.2 Å². The van der Waals surface area contributed by atoms with Crippen LogP contribution in [0.2, 0.25) is 0 Å². The van der Waals surface area contributed by atoms with Crippen molar-refractivity contribution in [1.82, 2.24) is 20.0 Å². The van der Waals surface area contributed by atoms with E-state index in [2.05, 4.69) is 15.1 Å². The fourth-order valence-corrected chi connectivity index (χ4v) is 6.33. The van der Waals surface area contributed by atoms with E-state index in [1.54, 1.807) is 6.20 Å². The number of aromatic nitrogens is 2. The summed E-state index contributed by atoms with van der Waals surface area (Å²) in [4.78, 5) is 30.5. The molecule has 4 aliphatic rings. The molecule has 3 heterocycles. The number of likely N-dealkylation sites (tertiary alicyclic amines) is 2. The number of rotatable bonds is 2. The minimum Gasteiger partial charge on any atom is -0.342 e. The van der Waals surface area contributed by atoms with Gasteiger partial charge in [-0.1, -0.05) is 12.1 Å². The van der Waals surface area contributed by atoms with Gasteiger partial charge in [-0.15, -0.1) is 0 Å². The number of carbonyl (C=O) groups is 2. The lowest BCUT2D eigenvalue weighted by Gasteiger charge is -2.41. The van der Waals surface area contributed by atoms with E-state index in [0.717, 1.165) is 81.0 Å². The van der Waals surface area contributed by atoms with E-state index in [1.165, 1.54) is 6.42 Å². The topological polar surface area (TPSA) is 69.3 Å². The molecule has 2 aliphatic heterocycles. The van der Waals surface area contributed by atoms with Crippen LogP contribution in [0.4, 0.5) is 0 Å². The maximum atomic E-state index is 13.2. The van der Waals surface area contributed by atoms with Crippen LogP contribution in [0.5, 0.6) is 0 Å². The van der Waals surface area contributed by atoms with Crippen LogP contribution in [0.1, 0.15) is 48.9 Å². The SMILES string of the molecule is O=C(c1cccc2cn[nH]c12)N1CCC2(CCCN(C(=O)C3C[C@@H]4C[C@@H]4C3)C2)C1. The third-order valence-corrected chi connectivity index (χ3v) is 8.00. The number of amides is 2. The van der Waals surface area contributed by atoms with Crippen molar-refractivity contribution in [3.8, 4) is 0 Å². The van der Waals surface area contributed by atoms with E-state index in [0.29, 0.717) is 11.5 Å². The maximum Gasteiger partial charge on any atom is 0.256 e. The lowest BCUT2D eigenvalue weighted by molar-refractivity contribution is -0.139. The first-order valence-electron chi connectivity index (χ1n) is 11.1. The first kappa shape index (κ1) is 17.5. The summed E-state index contributed by atoms with van der Waals surface area (Å²) in [7, 11) is 0. The molecule has 2 unspecified atom stereocenters. The number of H-pyrrole nitrogens is 1. The molecule has 1 aromatic heterocycles. The molecule has 1 N–H and O–H groups in total. The average molecular weight is 393 g/mol. The minimum absolute atomic E-state index is 0.0764. The number of carbonyl (C=O) groups excluding carboxylic acids is 2. The van der Waals surface area contributed by atoms with Crippen molar-refractivity contribution < 1.29 is 9.59 Å². The molecule has 2 saturated carbocycles. The van der Waals surface area contributed by atoms with Crippen LogP contribution < -0.4 is 0 Å². The summed E-state index contributed by atoms with van der Waals surface area (Å²) in [6, 6.07) is 5.78. The highest BCUT2D eigenvalue weighted by molar-refractivity contribution is 6.05. The number of hydrogen-bond acceptors (Lipinski definition) is 3. The van der Waals surface area contributed by atoms with Gasteiger partial charge in [-0.05, 0) is 56.4 Å². The molecule has 2 aromatic rings. The van der Waals surface area contributed by atoms with Crippen LogP contribution in [-0.2, 0) is 4.79 Å². The van der Waals surface area contributed by atoms with Gasteiger partial charge < -0.3 is 9.80 Å². The number of para-hydroxylation sites is 1. The van der Waals surface area contributed by atoms with Gasteiger partial charge in [0.05, 0.1) is 17.3 Å². The number of aromatic amines is 1. The Kier molecular flexibility index (Phi) is 3.81.